The van der Waals surface area contributed by atoms with E-state index in [1.54, 1.807) is 13.4 Å². The van der Waals surface area contributed by atoms with Gasteiger partial charge in [-0.2, -0.15) is 0 Å². The maximum atomic E-state index is 5.35. The van der Waals surface area contributed by atoms with Crippen molar-refractivity contribution in [2.45, 2.75) is 26.4 Å². The number of rotatable bonds is 10. The minimum Gasteiger partial charge on any atom is -0.497 e. The van der Waals surface area contributed by atoms with Crippen LogP contribution in [0, 0.1) is 0 Å². The zero-order valence-corrected chi connectivity index (χ0v) is 14.8. The van der Waals surface area contributed by atoms with Crippen LogP contribution in [0.25, 0.3) is 0 Å². The second kappa shape index (κ2) is 11.1. The summed E-state index contributed by atoms with van der Waals surface area (Å²) in [6.45, 7) is 5.38. The molecule has 25 heavy (non-hydrogen) atoms. The lowest BCUT2D eigenvalue weighted by molar-refractivity contribution is 0.145. The van der Waals surface area contributed by atoms with Crippen LogP contribution in [0.1, 0.15) is 24.6 Å². The minimum atomic E-state index is 0.552. The molecule has 0 atom stereocenters. The molecule has 136 valence electrons. The highest BCUT2D eigenvalue weighted by molar-refractivity contribution is 5.79. The van der Waals surface area contributed by atoms with Crippen LogP contribution in [0.4, 0.5) is 0 Å². The van der Waals surface area contributed by atoms with Gasteiger partial charge in [0.15, 0.2) is 5.96 Å². The third-order valence-electron chi connectivity index (χ3n) is 3.47. The van der Waals surface area contributed by atoms with Gasteiger partial charge < -0.3 is 24.6 Å². The summed E-state index contributed by atoms with van der Waals surface area (Å²) in [4.78, 5) is 4.62. The molecule has 2 aromatic rings. The Morgan fingerprint density at radius 2 is 2.04 bits per heavy atom. The summed E-state index contributed by atoms with van der Waals surface area (Å²) in [6.07, 6.45) is 2.47. The fourth-order valence-corrected chi connectivity index (χ4v) is 2.10. The molecule has 7 nitrogen and oxygen atoms in total. The van der Waals surface area contributed by atoms with Crippen LogP contribution < -0.4 is 15.4 Å². The van der Waals surface area contributed by atoms with Gasteiger partial charge in [-0.1, -0.05) is 17.3 Å². The summed E-state index contributed by atoms with van der Waals surface area (Å²) in [5.74, 6) is 1.57. The van der Waals surface area contributed by atoms with Gasteiger partial charge in [-0.3, -0.25) is 0 Å². The van der Waals surface area contributed by atoms with Gasteiger partial charge >= 0.3 is 0 Å². The molecule has 1 heterocycles. The van der Waals surface area contributed by atoms with E-state index in [9.17, 15) is 0 Å². The van der Waals surface area contributed by atoms with E-state index in [2.05, 4.69) is 20.8 Å². The van der Waals surface area contributed by atoms with Crippen molar-refractivity contribution in [3.63, 3.8) is 0 Å². The first-order valence-electron chi connectivity index (χ1n) is 8.44. The molecule has 0 amide bonds. The first-order valence-corrected chi connectivity index (χ1v) is 8.44. The average molecular weight is 346 g/mol. The maximum absolute atomic E-state index is 5.35. The van der Waals surface area contributed by atoms with Crippen molar-refractivity contribution in [2.75, 3.05) is 26.9 Å². The lowest BCUT2D eigenvalue weighted by atomic mass is 10.2. The van der Waals surface area contributed by atoms with Gasteiger partial charge in [-0.15, -0.1) is 0 Å². The van der Waals surface area contributed by atoms with Crippen molar-refractivity contribution >= 4 is 5.96 Å². The second-order valence-electron chi connectivity index (χ2n) is 5.33. The first kappa shape index (κ1) is 18.8. The number of benzene rings is 1. The van der Waals surface area contributed by atoms with Gasteiger partial charge in [0.05, 0.1) is 20.2 Å². The highest BCUT2D eigenvalue weighted by Gasteiger charge is 2.02. The standard InChI is InChI=1S/C18H26N4O3/c1-3-24-11-4-10-19-18(21-14-16-9-12-25-22-16)20-13-15-5-7-17(23-2)8-6-15/h5-9,12H,3-4,10-11,13-14H2,1-2H3,(H2,19,20,21). The van der Waals surface area contributed by atoms with Gasteiger partial charge in [0, 0.05) is 25.8 Å². The van der Waals surface area contributed by atoms with E-state index in [1.807, 2.05) is 37.3 Å². The minimum absolute atomic E-state index is 0.552. The van der Waals surface area contributed by atoms with Gasteiger partial charge in [0.1, 0.15) is 17.7 Å². The molecule has 2 rings (SSSR count). The number of aromatic nitrogens is 1. The fourth-order valence-electron chi connectivity index (χ4n) is 2.10. The number of methoxy groups -OCH3 is 1. The Bertz CT molecular complexity index is 612. The van der Waals surface area contributed by atoms with Crippen molar-refractivity contribution in [1.82, 2.24) is 15.8 Å². The summed E-state index contributed by atoms with van der Waals surface area (Å²) in [7, 11) is 1.66. The molecule has 0 aliphatic heterocycles. The highest BCUT2D eigenvalue weighted by Crippen LogP contribution is 2.11. The van der Waals surface area contributed by atoms with Crippen LogP contribution in [0.5, 0.6) is 5.75 Å². The number of guanidine groups is 1. The number of nitrogens with one attached hydrogen (secondary N) is 2. The van der Waals surface area contributed by atoms with Crippen molar-refractivity contribution in [1.29, 1.82) is 0 Å². The van der Waals surface area contributed by atoms with Gasteiger partial charge in [-0.25, -0.2) is 4.99 Å². The maximum Gasteiger partial charge on any atom is 0.191 e. The average Bonchev–Trinajstić information content (AvgIpc) is 3.17. The molecular formula is C18H26N4O3. The van der Waals surface area contributed by atoms with E-state index >= 15 is 0 Å². The molecule has 0 unspecified atom stereocenters. The van der Waals surface area contributed by atoms with Gasteiger partial charge in [-0.05, 0) is 31.0 Å². The summed E-state index contributed by atoms with van der Waals surface area (Å²) >= 11 is 0. The van der Waals surface area contributed by atoms with Crippen molar-refractivity contribution in [3.8, 4) is 5.75 Å². The topological polar surface area (TPSA) is 80.9 Å². The van der Waals surface area contributed by atoms with E-state index in [4.69, 9.17) is 14.0 Å². The zero-order valence-electron chi connectivity index (χ0n) is 14.8. The Morgan fingerprint density at radius 3 is 2.72 bits per heavy atom. The number of nitrogens with zero attached hydrogens (tertiary/aromatic N) is 2. The third-order valence-corrected chi connectivity index (χ3v) is 3.47. The van der Waals surface area contributed by atoms with Crippen molar-refractivity contribution < 1.29 is 14.0 Å². The molecule has 0 bridgehead atoms. The molecule has 1 aromatic heterocycles. The van der Waals surface area contributed by atoms with Gasteiger partial charge in [0.25, 0.3) is 0 Å². The normalized spacial score (nSPS) is 11.4. The molecule has 0 radical (unpaired) electrons. The van der Waals surface area contributed by atoms with Crippen molar-refractivity contribution in [3.05, 3.63) is 47.9 Å². The monoisotopic (exact) mass is 346 g/mol. The Kier molecular flexibility index (Phi) is 8.34. The number of hydrogen-bond donors (Lipinski definition) is 2. The summed E-state index contributed by atoms with van der Waals surface area (Å²) < 4.78 is 15.4. The van der Waals surface area contributed by atoms with E-state index < -0.39 is 0 Å². The lowest BCUT2D eigenvalue weighted by Gasteiger charge is -2.12. The first-order chi connectivity index (χ1) is 12.3. The molecule has 0 aliphatic rings. The molecule has 0 aliphatic carbocycles. The van der Waals surface area contributed by atoms with Gasteiger partial charge in [0.2, 0.25) is 0 Å². The Hall–Kier alpha value is -2.54. The Labute approximate surface area is 148 Å². The molecule has 7 heteroatoms. The molecule has 0 saturated carbocycles. The largest absolute Gasteiger partial charge is 0.497 e. The SMILES string of the molecule is CCOCCCNC(=NCc1ccc(OC)cc1)NCc1ccon1. The summed E-state index contributed by atoms with van der Waals surface area (Å²) in [6, 6.07) is 9.70. The van der Waals surface area contributed by atoms with E-state index in [0.717, 1.165) is 49.1 Å². The highest BCUT2D eigenvalue weighted by atomic mass is 16.5. The van der Waals surface area contributed by atoms with Crippen LogP contribution in [-0.4, -0.2) is 38.0 Å². The van der Waals surface area contributed by atoms with Crippen LogP contribution in [-0.2, 0) is 17.8 Å². The number of ether oxygens (including phenoxy) is 2. The number of aliphatic imine (C=N–C) groups is 1. The fraction of sp³-hybridized carbons (Fsp3) is 0.444. The van der Waals surface area contributed by atoms with Crippen LogP contribution in [0.15, 0.2) is 46.1 Å². The second-order valence-corrected chi connectivity index (χ2v) is 5.33. The van der Waals surface area contributed by atoms with E-state index in [-0.39, 0.29) is 0 Å². The Balaban J connectivity index is 1.88. The molecule has 0 saturated heterocycles. The quantitative estimate of drug-likeness (QED) is 0.390. The van der Waals surface area contributed by atoms with Crippen LogP contribution in [0.3, 0.4) is 0 Å². The van der Waals surface area contributed by atoms with Crippen LogP contribution >= 0.6 is 0 Å². The number of hydrogen-bond acceptors (Lipinski definition) is 5. The van der Waals surface area contributed by atoms with Crippen LogP contribution in [0.2, 0.25) is 0 Å². The lowest BCUT2D eigenvalue weighted by Crippen LogP contribution is -2.37. The summed E-state index contributed by atoms with van der Waals surface area (Å²) in [5, 5.41) is 10.5. The molecule has 0 spiro atoms. The van der Waals surface area contributed by atoms with Crippen molar-refractivity contribution in [2.24, 2.45) is 4.99 Å². The van der Waals surface area contributed by atoms with E-state index in [1.165, 1.54) is 0 Å². The smallest absolute Gasteiger partial charge is 0.191 e. The molecular weight excluding hydrogens is 320 g/mol. The predicted molar refractivity (Wildman–Crippen MR) is 96.6 cm³/mol. The third kappa shape index (κ3) is 7.26. The van der Waals surface area contributed by atoms with E-state index in [0.29, 0.717) is 13.1 Å². The summed E-state index contributed by atoms with van der Waals surface area (Å²) in [5.41, 5.74) is 1.94. The molecule has 2 N–H and O–H groups in total. The molecule has 1 aromatic carbocycles. The Morgan fingerprint density at radius 1 is 1.20 bits per heavy atom. The molecule has 0 fully saturated rings. The predicted octanol–water partition coefficient (Wildman–Crippen LogP) is 2.35. The zero-order chi connectivity index (χ0) is 17.7.